The fraction of sp³-hybridized carbons (Fsp3) is 0.600. The number of aryl methyl sites for hydroxylation is 1. The Morgan fingerprint density at radius 2 is 1.84 bits per heavy atom. The van der Waals surface area contributed by atoms with E-state index in [9.17, 15) is 8.78 Å². The second-order valence-electron chi connectivity index (χ2n) is 5.52. The van der Waals surface area contributed by atoms with Crippen molar-refractivity contribution in [1.82, 2.24) is 0 Å². The molecule has 0 heterocycles. The zero-order valence-corrected chi connectivity index (χ0v) is 11.5. The number of rotatable bonds is 3. The third-order valence-corrected chi connectivity index (χ3v) is 4.33. The lowest BCUT2D eigenvalue weighted by Gasteiger charge is -2.40. The number of alkyl halides is 2. The van der Waals surface area contributed by atoms with Crippen LogP contribution in [0.25, 0.3) is 0 Å². The number of nitrogens with two attached hydrogens (primary N) is 1. The Morgan fingerprint density at radius 3 is 2.32 bits per heavy atom. The molecule has 0 aliphatic heterocycles. The molecule has 0 bridgehead atoms. The van der Waals surface area contributed by atoms with Crippen molar-refractivity contribution in [2.24, 2.45) is 5.73 Å². The summed E-state index contributed by atoms with van der Waals surface area (Å²) in [5.74, 6) is -1.74. The van der Waals surface area contributed by atoms with Gasteiger partial charge in [-0.2, -0.15) is 0 Å². The number of hydrogen-bond acceptors (Lipinski definition) is 2. The van der Waals surface area contributed by atoms with Crippen LogP contribution in [0.5, 0.6) is 5.75 Å². The van der Waals surface area contributed by atoms with Crippen molar-refractivity contribution in [3.05, 3.63) is 29.3 Å². The fourth-order valence-corrected chi connectivity index (χ4v) is 3.04. The van der Waals surface area contributed by atoms with Gasteiger partial charge in [0, 0.05) is 24.8 Å². The fourth-order valence-electron chi connectivity index (χ4n) is 3.04. The highest BCUT2D eigenvalue weighted by Gasteiger charge is 2.44. The molecule has 1 aromatic carbocycles. The van der Waals surface area contributed by atoms with Crippen LogP contribution in [0.4, 0.5) is 8.78 Å². The Bertz CT molecular complexity index is 449. The Labute approximate surface area is 112 Å². The van der Waals surface area contributed by atoms with E-state index in [1.54, 1.807) is 7.11 Å². The van der Waals surface area contributed by atoms with Crippen LogP contribution >= 0.6 is 0 Å². The molecule has 1 aromatic rings. The summed E-state index contributed by atoms with van der Waals surface area (Å²) in [7, 11) is 1.62. The Balaban J connectivity index is 2.32. The highest BCUT2D eigenvalue weighted by Crippen LogP contribution is 2.46. The Hall–Kier alpha value is -1.16. The first-order valence-electron chi connectivity index (χ1n) is 6.65. The van der Waals surface area contributed by atoms with E-state index in [-0.39, 0.29) is 18.3 Å². The van der Waals surface area contributed by atoms with Crippen molar-refractivity contribution in [1.29, 1.82) is 0 Å². The molecule has 0 amide bonds. The third-order valence-electron chi connectivity index (χ3n) is 4.33. The molecule has 2 nitrogen and oxygen atoms in total. The molecule has 106 valence electrons. The maximum absolute atomic E-state index is 13.4. The molecule has 19 heavy (non-hydrogen) atoms. The normalized spacial score (nSPS) is 21.1. The summed E-state index contributed by atoms with van der Waals surface area (Å²) >= 11 is 0. The lowest BCUT2D eigenvalue weighted by molar-refractivity contribution is -0.0510. The molecular weight excluding hydrogens is 248 g/mol. The second-order valence-corrected chi connectivity index (χ2v) is 5.52. The van der Waals surface area contributed by atoms with Gasteiger partial charge in [0.1, 0.15) is 5.75 Å². The SMILES string of the molecule is COc1ccc(C2(CN)CCC(F)(F)CC2)c(C)c1. The predicted octanol–water partition coefficient (Wildman–Crippen LogP) is 3.41. The molecule has 1 aliphatic rings. The summed E-state index contributed by atoms with van der Waals surface area (Å²) in [5.41, 5.74) is 7.77. The zero-order valence-electron chi connectivity index (χ0n) is 11.5. The molecule has 4 heteroatoms. The first-order valence-corrected chi connectivity index (χ1v) is 6.65. The Morgan fingerprint density at radius 1 is 1.21 bits per heavy atom. The molecule has 1 saturated carbocycles. The van der Waals surface area contributed by atoms with Crippen LogP contribution in [0.3, 0.4) is 0 Å². The maximum atomic E-state index is 13.4. The van der Waals surface area contributed by atoms with Gasteiger partial charge in [-0.25, -0.2) is 8.78 Å². The van der Waals surface area contributed by atoms with E-state index < -0.39 is 5.92 Å². The van der Waals surface area contributed by atoms with Gasteiger partial charge in [0.15, 0.2) is 0 Å². The summed E-state index contributed by atoms with van der Waals surface area (Å²) in [6.45, 7) is 2.40. The van der Waals surface area contributed by atoms with Crippen LogP contribution < -0.4 is 10.5 Å². The number of hydrogen-bond donors (Lipinski definition) is 1. The summed E-state index contributed by atoms with van der Waals surface area (Å²) in [5, 5.41) is 0. The lowest BCUT2D eigenvalue weighted by atomic mass is 9.67. The van der Waals surface area contributed by atoms with Gasteiger partial charge in [-0.3, -0.25) is 0 Å². The smallest absolute Gasteiger partial charge is 0.248 e. The number of benzene rings is 1. The molecular formula is C15H21F2NO. The van der Waals surface area contributed by atoms with Gasteiger partial charge in [-0.1, -0.05) is 6.07 Å². The minimum absolute atomic E-state index is 0.0737. The van der Waals surface area contributed by atoms with Crippen molar-refractivity contribution in [3.63, 3.8) is 0 Å². The van der Waals surface area contributed by atoms with Gasteiger partial charge < -0.3 is 10.5 Å². The van der Waals surface area contributed by atoms with E-state index >= 15 is 0 Å². The summed E-state index contributed by atoms with van der Waals surface area (Å²) in [6.07, 6.45) is 0.749. The van der Waals surface area contributed by atoms with Crippen molar-refractivity contribution in [2.75, 3.05) is 13.7 Å². The van der Waals surface area contributed by atoms with E-state index in [1.807, 2.05) is 25.1 Å². The largest absolute Gasteiger partial charge is 0.497 e. The van der Waals surface area contributed by atoms with E-state index in [4.69, 9.17) is 10.5 Å². The first kappa shape index (κ1) is 14.3. The van der Waals surface area contributed by atoms with Crippen molar-refractivity contribution in [3.8, 4) is 5.75 Å². The van der Waals surface area contributed by atoms with Crippen molar-refractivity contribution >= 4 is 0 Å². The van der Waals surface area contributed by atoms with Gasteiger partial charge in [0.05, 0.1) is 7.11 Å². The van der Waals surface area contributed by atoms with Gasteiger partial charge in [-0.05, 0) is 43.0 Å². The average Bonchev–Trinajstić information content (AvgIpc) is 2.40. The number of methoxy groups -OCH3 is 1. The van der Waals surface area contributed by atoms with Crippen molar-refractivity contribution in [2.45, 2.75) is 43.9 Å². The molecule has 1 aliphatic carbocycles. The highest BCUT2D eigenvalue weighted by molar-refractivity contribution is 5.40. The molecule has 2 N–H and O–H groups in total. The van der Waals surface area contributed by atoms with E-state index in [2.05, 4.69) is 0 Å². The molecule has 0 unspecified atom stereocenters. The van der Waals surface area contributed by atoms with E-state index in [0.717, 1.165) is 16.9 Å². The number of ether oxygens (including phenoxy) is 1. The third kappa shape index (κ3) is 2.73. The molecule has 2 rings (SSSR count). The standard InChI is InChI=1S/C15H21F2NO/c1-11-9-12(19-2)3-4-13(11)14(10-18)5-7-15(16,17)8-6-14/h3-4,9H,5-8,10,18H2,1-2H3. The monoisotopic (exact) mass is 269 g/mol. The first-order chi connectivity index (χ1) is 8.92. The molecule has 0 saturated heterocycles. The van der Waals surface area contributed by atoms with Gasteiger partial charge >= 0.3 is 0 Å². The minimum atomic E-state index is -2.53. The van der Waals surface area contributed by atoms with Crippen LogP contribution in [-0.2, 0) is 5.41 Å². The average molecular weight is 269 g/mol. The van der Waals surface area contributed by atoms with E-state index in [0.29, 0.717) is 19.4 Å². The highest BCUT2D eigenvalue weighted by atomic mass is 19.3. The molecule has 0 aromatic heterocycles. The minimum Gasteiger partial charge on any atom is -0.497 e. The van der Waals surface area contributed by atoms with Gasteiger partial charge in [0.2, 0.25) is 5.92 Å². The maximum Gasteiger partial charge on any atom is 0.248 e. The quantitative estimate of drug-likeness (QED) is 0.912. The summed E-state index contributed by atoms with van der Waals surface area (Å²) in [4.78, 5) is 0. The molecule has 0 radical (unpaired) electrons. The van der Waals surface area contributed by atoms with Gasteiger partial charge in [-0.15, -0.1) is 0 Å². The van der Waals surface area contributed by atoms with Crippen LogP contribution in [0, 0.1) is 6.92 Å². The molecule has 1 fully saturated rings. The van der Waals surface area contributed by atoms with Crippen LogP contribution in [0.1, 0.15) is 36.8 Å². The number of halogens is 2. The molecule has 0 spiro atoms. The summed E-state index contributed by atoms with van der Waals surface area (Å²) < 4.78 is 31.9. The second kappa shape index (κ2) is 5.08. The predicted molar refractivity (Wildman–Crippen MR) is 71.9 cm³/mol. The van der Waals surface area contributed by atoms with Gasteiger partial charge in [0.25, 0.3) is 0 Å². The van der Waals surface area contributed by atoms with Crippen LogP contribution in [0.2, 0.25) is 0 Å². The molecule has 0 atom stereocenters. The Kier molecular flexibility index (Phi) is 3.81. The van der Waals surface area contributed by atoms with Crippen molar-refractivity contribution < 1.29 is 13.5 Å². The topological polar surface area (TPSA) is 35.2 Å². The van der Waals surface area contributed by atoms with Crippen LogP contribution in [-0.4, -0.2) is 19.6 Å². The lowest BCUT2D eigenvalue weighted by Crippen LogP contribution is -2.42. The summed E-state index contributed by atoms with van der Waals surface area (Å²) in [6, 6.07) is 5.80. The van der Waals surface area contributed by atoms with E-state index in [1.165, 1.54) is 0 Å². The van der Waals surface area contributed by atoms with Crippen LogP contribution in [0.15, 0.2) is 18.2 Å². The zero-order chi connectivity index (χ0) is 14.1.